The summed E-state index contributed by atoms with van der Waals surface area (Å²) in [6, 6.07) is 9.47. The molecule has 0 aromatic heterocycles. The Bertz CT molecular complexity index is 851. The summed E-state index contributed by atoms with van der Waals surface area (Å²) in [5.41, 5.74) is 3.89. The number of benzene rings is 2. The lowest BCUT2D eigenvalue weighted by atomic mass is 10.2. The summed E-state index contributed by atoms with van der Waals surface area (Å²) in [5, 5.41) is 13.3. The maximum Gasteiger partial charge on any atom is 0.337 e. The standard InChI is InChI=1S/C18H17ClN2O5/c1-3-25-17-8-12(4-7-16(17)26-11(2)22)10-20-21-13-5-6-15(19)14(9-13)18(23)24/h4-10,21H,3H2,1-2H3,(H,23,24)/b20-10+. The van der Waals surface area contributed by atoms with Crippen LogP contribution >= 0.6 is 11.6 Å². The smallest absolute Gasteiger partial charge is 0.337 e. The fraction of sp³-hybridized carbons (Fsp3) is 0.167. The van der Waals surface area contributed by atoms with Crippen LogP contribution < -0.4 is 14.9 Å². The van der Waals surface area contributed by atoms with Gasteiger partial charge in [-0.15, -0.1) is 0 Å². The number of carbonyl (C=O) groups is 2. The van der Waals surface area contributed by atoms with Crippen molar-refractivity contribution in [1.82, 2.24) is 0 Å². The van der Waals surface area contributed by atoms with E-state index in [1.54, 1.807) is 24.3 Å². The average molecular weight is 377 g/mol. The highest BCUT2D eigenvalue weighted by atomic mass is 35.5. The minimum Gasteiger partial charge on any atom is -0.490 e. The molecule has 8 heteroatoms. The average Bonchev–Trinajstić information content (AvgIpc) is 2.58. The van der Waals surface area contributed by atoms with Crippen LogP contribution in [0.3, 0.4) is 0 Å². The Labute approximate surface area is 155 Å². The number of ether oxygens (including phenoxy) is 2. The van der Waals surface area contributed by atoms with E-state index in [1.807, 2.05) is 6.92 Å². The van der Waals surface area contributed by atoms with Crippen molar-refractivity contribution in [2.24, 2.45) is 5.10 Å². The number of hydrogen-bond donors (Lipinski definition) is 2. The number of anilines is 1. The minimum atomic E-state index is -1.12. The van der Waals surface area contributed by atoms with Crippen molar-refractivity contribution in [3.05, 3.63) is 52.5 Å². The Morgan fingerprint density at radius 3 is 2.65 bits per heavy atom. The number of aromatic carboxylic acids is 1. The second-order valence-corrected chi connectivity index (χ2v) is 5.51. The van der Waals surface area contributed by atoms with Gasteiger partial charge in [0.25, 0.3) is 0 Å². The molecule has 26 heavy (non-hydrogen) atoms. The number of carboxylic acids is 1. The number of hydrogen-bond acceptors (Lipinski definition) is 6. The van der Waals surface area contributed by atoms with E-state index in [2.05, 4.69) is 10.5 Å². The molecule has 136 valence electrons. The molecule has 0 aliphatic carbocycles. The Morgan fingerprint density at radius 1 is 1.23 bits per heavy atom. The SMILES string of the molecule is CCOc1cc(/C=N/Nc2ccc(Cl)c(C(=O)O)c2)ccc1OC(C)=O. The van der Waals surface area contributed by atoms with Crippen molar-refractivity contribution in [1.29, 1.82) is 0 Å². The fourth-order valence-corrected chi connectivity index (χ4v) is 2.25. The van der Waals surface area contributed by atoms with Gasteiger partial charge in [0.2, 0.25) is 0 Å². The van der Waals surface area contributed by atoms with E-state index >= 15 is 0 Å². The summed E-state index contributed by atoms with van der Waals surface area (Å²) >= 11 is 5.82. The van der Waals surface area contributed by atoms with Gasteiger partial charge in [-0.25, -0.2) is 4.79 Å². The van der Waals surface area contributed by atoms with E-state index in [0.29, 0.717) is 29.4 Å². The monoisotopic (exact) mass is 376 g/mol. The fourth-order valence-electron chi connectivity index (χ4n) is 2.05. The predicted molar refractivity (Wildman–Crippen MR) is 98.5 cm³/mol. The zero-order valence-electron chi connectivity index (χ0n) is 14.2. The molecular formula is C18H17ClN2O5. The van der Waals surface area contributed by atoms with Crippen LogP contribution in [0.15, 0.2) is 41.5 Å². The molecule has 0 bridgehead atoms. The van der Waals surface area contributed by atoms with Gasteiger partial charge in [0.15, 0.2) is 11.5 Å². The molecule has 0 aliphatic rings. The maximum atomic E-state index is 11.1. The lowest BCUT2D eigenvalue weighted by Crippen LogP contribution is -2.04. The number of carbonyl (C=O) groups excluding carboxylic acids is 1. The highest BCUT2D eigenvalue weighted by molar-refractivity contribution is 6.33. The topological polar surface area (TPSA) is 97.2 Å². The van der Waals surface area contributed by atoms with Crippen LogP contribution in [0.1, 0.15) is 29.8 Å². The van der Waals surface area contributed by atoms with E-state index in [4.69, 9.17) is 26.2 Å². The van der Waals surface area contributed by atoms with Gasteiger partial charge in [0, 0.05) is 6.92 Å². The Hall–Kier alpha value is -3.06. The van der Waals surface area contributed by atoms with Crippen LogP contribution in [-0.4, -0.2) is 29.9 Å². The molecule has 2 aromatic rings. The molecule has 0 aliphatic heterocycles. The molecule has 0 fully saturated rings. The van der Waals surface area contributed by atoms with Gasteiger partial charge >= 0.3 is 11.9 Å². The number of nitrogens with one attached hydrogen (secondary N) is 1. The molecular weight excluding hydrogens is 360 g/mol. The highest BCUT2D eigenvalue weighted by Gasteiger charge is 2.10. The summed E-state index contributed by atoms with van der Waals surface area (Å²) < 4.78 is 10.5. The van der Waals surface area contributed by atoms with Gasteiger partial charge in [-0.2, -0.15) is 5.10 Å². The predicted octanol–water partition coefficient (Wildman–Crippen LogP) is 3.81. The van der Waals surface area contributed by atoms with Crippen LogP contribution in [-0.2, 0) is 4.79 Å². The number of rotatable bonds is 7. The van der Waals surface area contributed by atoms with Crippen LogP contribution in [0, 0.1) is 0 Å². The third kappa shape index (κ3) is 5.22. The zero-order valence-corrected chi connectivity index (χ0v) is 14.9. The van der Waals surface area contributed by atoms with Crippen LogP contribution in [0.25, 0.3) is 0 Å². The molecule has 2 aromatic carbocycles. The molecule has 0 heterocycles. The third-order valence-electron chi connectivity index (χ3n) is 3.13. The zero-order chi connectivity index (χ0) is 19.1. The normalized spacial score (nSPS) is 10.6. The van der Waals surface area contributed by atoms with Crippen molar-refractivity contribution in [3.63, 3.8) is 0 Å². The van der Waals surface area contributed by atoms with Crippen LogP contribution in [0.4, 0.5) is 5.69 Å². The van der Waals surface area contributed by atoms with Crippen molar-refractivity contribution >= 4 is 35.4 Å². The number of carboxylic acid groups (broad SMARTS) is 1. The van der Waals surface area contributed by atoms with E-state index in [-0.39, 0.29) is 10.6 Å². The second-order valence-electron chi connectivity index (χ2n) is 5.10. The maximum absolute atomic E-state index is 11.1. The van der Waals surface area contributed by atoms with Gasteiger partial charge < -0.3 is 14.6 Å². The van der Waals surface area contributed by atoms with Crippen molar-refractivity contribution < 1.29 is 24.2 Å². The Kier molecular flexibility index (Phi) is 6.57. The molecule has 0 unspecified atom stereocenters. The molecule has 2 N–H and O–H groups in total. The quantitative estimate of drug-likeness (QED) is 0.330. The molecule has 0 saturated carbocycles. The lowest BCUT2D eigenvalue weighted by Gasteiger charge is -2.10. The largest absolute Gasteiger partial charge is 0.490 e. The lowest BCUT2D eigenvalue weighted by molar-refractivity contribution is -0.132. The van der Waals surface area contributed by atoms with Crippen LogP contribution in [0.5, 0.6) is 11.5 Å². The van der Waals surface area contributed by atoms with Gasteiger partial charge in [0.1, 0.15) is 0 Å². The van der Waals surface area contributed by atoms with E-state index < -0.39 is 11.9 Å². The minimum absolute atomic E-state index is 0.0174. The highest BCUT2D eigenvalue weighted by Crippen LogP contribution is 2.28. The van der Waals surface area contributed by atoms with Crippen molar-refractivity contribution in [3.8, 4) is 11.5 Å². The summed E-state index contributed by atoms with van der Waals surface area (Å²) in [5.74, 6) is -0.810. The van der Waals surface area contributed by atoms with Crippen LogP contribution in [0.2, 0.25) is 5.02 Å². The van der Waals surface area contributed by atoms with Gasteiger partial charge in [-0.1, -0.05) is 11.6 Å². The Morgan fingerprint density at radius 2 is 2.00 bits per heavy atom. The summed E-state index contributed by atoms with van der Waals surface area (Å²) in [6.07, 6.45) is 1.52. The molecule has 0 saturated heterocycles. The molecule has 2 rings (SSSR count). The second kappa shape index (κ2) is 8.87. The van der Waals surface area contributed by atoms with Gasteiger partial charge in [-0.3, -0.25) is 10.2 Å². The molecule has 0 atom stereocenters. The Balaban J connectivity index is 2.15. The summed E-state index contributed by atoms with van der Waals surface area (Å²) in [6.45, 7) is 3.54. The molecule has 7 nitrogen and oxygen atoms in total. The van der Waals surface area contributed by atoms with E-state index in [1.165, 1.54) is 25.3 Å². The van der Waals surface area contributed by atoms with E-state index in [0.717, 1.165) is 0 Å². The first-order valence-corrected chi connectivity index (χ1v) is 8.05. The molecule has 0 amide bonds. The first-order chi connectivity index (χ1) is 12.4. The summed E-state index contributed by atoms with van der Waals surface area (Å²) in [4.78, 5) is 22.2. The number of hydrazone groups is 1. The third-order valence-corrected chi connectivity index (χ3v) is 3.45. The van der Waals surface area contributed by atoms with Crippen molar-refractivity contribution in [2.45, 2.75) is 13.8 Å². The number of nitrogens with zero attached hydrogens (tertiary/aromatic N) is 1. The van der Waals surface area contributed by atoms with Gasteiger partial charge in [-0.05, 0) is 48.9 Å². The van der Waals surface area contributed by atoms with Crippen molar-refractivity contribution in [2.75, 3.05) is 12.0 Å². The summed E-state index contributed by atoms with van der Waals surface area (Å²) in [7, 11) is 0. The molecule has 0 radical (unpaired) electrons. The number of esters is 1. The molecule has 0 spiro atoms. The van der Waals surface area contributed by atoms with Gasteiger partial charge in [0.05, 0.1) is 29.1 Å². The van der Waals surface area contributed by atoms with E-state index in [9.17, 15) is 9.59 Å². The number of halogens is 1. The first-order valence-electron chi connectivity index (χ1n) is 7.68. The first kappa shape index (κ1) is 19.3.